The zero-order chi connectivity index (χ0) is 9.19. The minimum atomic E-state index is -4.20. The lowest BCUT2D eigenvalue weighted by Crippen LogP contribution is -2.18. The van der Waals surface area contributed by atoms with E-state index in [1.165, 1.54) is 0 Å². The van der Waals surface area contributed by atoms with Gasteiger partial charge < -0.3 is 0 Å². The SMILES string of the molecule is C=C(c1ccccc1)[Si](C)(F)F. The summed E-state index contributed by atoms with van der Waals surface area (Å²) in [6.45, 7) is 4.40. The van der Waals surface area contributed by atoms with Crippen LogP contribution in [0, 0.1) is 0 Å². The molecule has 0 atom stereocenters. The highest BCUT2D eigenvalue weighted by molar-refractivity contribution is 6.84. The van der Waals surface area contributed by atoms with Crippen molar-refractivity contribution >= 4 is 13.9 Å². The third-order valence-electron chi connectivity index (χ3n) is 1.65. The van der Waals surface area contributed by atoms with Crippen molar-refractivity contribution in [3.63, 3.8) is 0 Å². The molecule has 0 aliphatic rings. The Morgan fingerprint density at radius 2 is 1.75 bits per heavy atom. The standard InChI is InChI=1S/C9H10F2Si/c1-8(12(2,10)11)9-6-4-3-5-7-9/h3-7H,1H2,2H3. The average Bonchev–Trinajstić information content (AvgIpc) is 2.03. The van der Waals surface area contributed by atoms with Gasteiger partial charge >= 0.3 is 8.74 Å². The molecule has 0 amide bonds. The largest absolute Gasteiger partial charge is 0.452 e. The zero-order valence-electron chi connectivity index (χ0n) is 6.85. The summed E-state index contributed by atoms with van der Waals surface area (Å²) < 4.78 is 25.7. The van der Waals surface area contributed by atoms with Gasteiger partial charge in [-0.2, -0.15) is 0 Å². The van der Waals surface area contributed by atoms with E-state index in [0.29, 0.717) is 5.56 Å². The minimum absolute atomic E-state index is 0.00287. The van der Waals surface area contributed by atoms with E-state index in [1.54, 1.807) is 30.3 Å². The topological polar surface area (TPSA) is 0 Å². The summed E-state index contributed by atoms with van der Waals surface area (Å²) in [5.74, 6) is 0. The van der Waals surface area contributed by atoms with Gasteiger partial charge in [-0.1, -0.05) is 36.9 Å². The molecule has 0 aliphatic heterocycles. The molecule has 0 saturated heterocycles. The van der Waals surface area contributed by atoms with Crippen LogP contribution in [0.3, 0.4) is 0 Å². The van der Waals surface area contributed by atoms with Crippen molar-refractivity contribution in [2.75, 3.05) is 0 Å². The van der Waals surface area contributed by atoms with Crippen molar-refractivity contribution < 1.29 is 8.22 Å². The third kappa shape index (κ3) is 2.01. The molecule has 0 bridgehead atoms. The highest BCUT2D eigenvalue weighted by Gasteiger charge is 2.32. The Kier molecular flexibility index (Phi) is 2.42. The van der Waals surface area contributed by atoms with E-state index in [9.17, 15) is 8.22 Å². The molecule has 64 valence electrons. The molecule has 0 spiro atoms. The van der Waals surface area contributed by atoms with Gasteiger partial charge in [0, 0.05) is 5.20 Å². The Morgan fingerprint density at radius 1 is 1.25 bits per heavy atom. The Bertz CT molecular complexity index is 274. The summed E-state index contributed by atoms with van der Waals surface area (Å²) in [6, 6.07) is 8.59. The van der Waals surface area contributed by atoms with Crippen LogP contribution in [0.1, 0.15) is 5.56 Å². The molecule has 0 N–H and O–H groups in total. The van der Waals surface area contributed by atoms with E-state index in [1.807, 2.05) is 0 Å². The summed E-state index contributed by atoms with van der Waals surface area (Å²) in [6.07, 6.45) is 0. The van der Waals surface area contributed by atoms with Crippen LogP contribution in [-0.4, -0.2) is 8.74 Å². The van der Waals surface area contributed by atoms with Gasteiger partial charge in [-0.15, -0.1) is 0 Å². The van der Waals surface area contributed by atoms with Crippen molar-refractivity contribution in [3.8, 4) is 0 Å². The van der Waals surface area contributed by atoms with Crippen LogP contribution in [0.15, 0.2) is 36.9 Å². The molecule has 1 aromatic rings. The average molecular weight is 184 g/mol. The van der Waals surface area contributed by atoms with Crippen molar-refractivity contribution in [2.24, 2.45) is 0 Å². The molecule has 1 rings (SSSR count). The van der Waals surface area contributed by atoms with Crippen molar-refractivity contribution in [1.82, 2.24) is 0 Å². The van der Waals surface area contributed by atoms with Gasteiger partial charge in [0.15, 0.2) is 0 Å². The van der Waals surface area contributed by atoms with E-state index in [4.69, 9.17) is 0 Å². The second kappa shape index (κ2) is 3.19. The number of hydrogen-bond acceptors (Lipinski definition) is 0. The molecule has 0 nitrogen and oxygen atoms in total. The first-order valence-electron chi connectivity index (χ1n) is 3.64. The summed E-state index contributed by atoms with van der Waals surface area (Å²) >= 11 is 0. The lowest BCUT2D eigenvalue weighted by Gasteiger charge is -2.09. The lowest BCUT2D eigenvalue weighted by molar-refractivity contribution is 0.644. The highest BCUT2D eigenvalue weighted by atomic mass is 28.4. The molecule has 0 radical (unpaired) electrons. The van der Waals surface area contributed by atoms with Crippen LogP contribution >= 0.6 is 0 Å². The molecular formula is C9H10F2Si. The maximum Gasteiger partial charge on any atom is 0.452 e. The lowest BCUT2D eigenvalue weighted by atomic mass is 10.2. The van der Waals surface area contributed by atoms with Crippen molar-refractivity contribution in [2.45, 2.75) is 6.55 Å². The van der Waals surface area contributed by atoms with Gasteiger partial charge in [0.25, 0.3) is 0 Å². The molecular weight excluding hydrogens is 174 g/mol. The predicted molar refractivity (Wildman–Crippen MR) is 49.3 cm³/mol. The van der Waals surface area contributed by atoms with E-state index in [-0.39, 0.29) is 5.20 Å². The Labute approximate surface area is 71.9 Å². The zero-order valence-corrected chi connectivity index (χ0v) is 7.85. The fourth-order valence-corrected chi connectivity index (χ4v) is 1.57. The molecule has 0 aliphatic carbocycles. The van der Waals surface area contributed by atoms with Crippen LogP contribution < -0.4 is 0 Å². The molecule has 0 fully saturated rings. The maximum atomic E-state index is 12.8. The second-order valence-corrected chi connectivity index (χ2v) is 5.11. The maximum absolute atomic E-state index is 12.8. The van der Waals surface area contributed by atoms with Crippen LogP contribution in [0.2, 0.25) is 6.55 Å². The first-order chi connectivity index (χ1) is 5.52. The summed E-state index contributed by atoms with van der Waals surface area (Å²) in [5.41, 5.74) is 0.552. The first kappa shape index (κ1) is 9.13. The summed E-state index contributed by atoms with van der Waals surface area (Å²) in [7, 11) is -4.20. The van der Waals surface area contributed by atoms with Gasteiger partial charge in [-0.25, -0.2) is 0 Å². The van der Waals surface area contributed by atoms with Gasteiger partial charge in [-0.05, 0) is 12.1 Å². The summed E-state index contributed by atoms with van der Waals surface area (Å²) in [4.78, 5) is 0. The monoisotopic (exact) mass is 184 g/mol. The predicted octanol–water partition coefficient (Wildman–Crippen LogP) is 3.25. The van der Waals surface area contributed by atoms with E-state index in [0.717, 1.165) is 6.55 Å². The normalized spacial score (nSPS) is 11.2. The molecule has 0 heterocycles. The number of benzene rings is 1. The quantitative estimate of drug-likeness (QED) is 0.489. The molecule has 1 aromatic carbocycles. The molecule has 0 aromatic heterocycles. The second-order valence-electron chi connectivity index (χ2n) is 2.73. The Balaban J connectivity index is 2.94. The van der Waals surface area contributed by atoms with E-state index in [2.05, 4.69) is 6.58 Å². The Morgan fingerprint density at radius 3 is 2.17 bits per heavy atom. The first-order valence-corrected chi connectivity index (χ1v) is 5.90. The number of rotatable bonds is 2. The summed E-state index contributed by atoms with van der Waals surface area (Å²) in [5, 5.41) is 0.00287. The molecule has 12 heavy (non-hydrogen) atoms. The number of halogens is 2. The Hall–Kier alpha value is -0.963. The third-order valence-corrected chi connectivity index (χ3v) is 3.00. The fourth-order valence-electron chi connectivity index (χ4n) is 0.893. The molecule has 0 saturated carbocycles. The van der Waals surface area contributed by atoms with Gasteiger partial charge in [0.1, 0.15) is 0 Å². The van der Waals surface area contributed by atoms with Crippen LogP contribution in [0.5, 0.6) is 0 Å². The van der Waals surface area contributed by atoms with Crippen LogP contribution in [0.4, 0.5) is 8.22 Å². The van der Waals surface area contributed by atoms with Crippen LogP contribution in [0.25, 0.3) is 5.20 Å². The number of hydrogen-bond donors (Lipinski definition) is 0. The fraction of sp³-hybridized carbons (Fsp3) is 0.111. The van der Waals surface area contributed by atoms with Crippen LogP contribution in [-0.2, 0) is 0 Å². The molecule has 0 unspecified atom stereocenters. The highest BCUT2D eigenvalue weighted by Crippen LogP contribution is 2.25. The smallest absolute Gasteiger partial charge is 0.265 e. The minimum Gasteiger partial charge on any atom is -0.265 e. The van der Waals surface area contributed by atoms with Crippen molar-refractivity contribution in [3.05, 3.63) is 42.5 Å². The van der Waals surface area contributed by atoms with E-state index >= 15 is 0 Å². The molecule has 3 heteroatoms. The van der Waals surface area contributed by atoms with Crippen molar-refractivity contribution in [1.29, 1.82) is 0 Å². The van der Waals surface area contributed by atoms with Gasteiger partial charge in [0.05, 0.1) is 0 Å². The van der Waals surface area contributed by atoms with Gasteiger partial charge in [-0.3, -0.25) is 8.22 Å². The van der Waals surface area contributed by atoms with E-state index < -0.39 is 8.74 Å². The van der Waals surface area contributed by atoms with Gasteiger partial charge in [0.2, 0.25) is 0 Å².